The van der Waals surface area contributed by atoms with Crippen molar-refractivity contribution >= 4 is 33.8 Å². The van der Waals surface area contributed by atoms with Crippen molar-refractivity contribution in [3.05, 3.63) is 94.0 Å². The van der Waals surface area contributed by atoms with Crippen molar-refractivity contribution < 1.29 is 23.8 Å². The number of hydrogen-bond donors (Lipinski definition) is 0. The van der Waals surface area contributed by atoms with Gasteiger partial charge in [-0.05, 0) is 60.2 Å². The molecule has 0 heterocycles. The van der Waals surface area contributed by atoms with Crippen LogP contribution in [0.5, 0.6) is 17.2 Å². The van der Waals surface area contributed by atoms with Gasteiger partial charge < -0.3 is 14.2 Å². The Hall–Kier alpha value is -3.38. The number of hydrogen-bond acceptors (Lipinski definition) is 5. The van der Waals surface area contributed by atoms with Crippen LogP contribution in [0.25, 0.3) is 6.08 Å². The van der Waals surface area contributed by atoms with Crippen LogP contribution < -0.4 is 14.2 Å². The van der Waals surface area contributed by atoms with Gasteiger partial charge in [-0.1, -0.05) is 40.2 Å². The standard InChI is InChI=1S/C24H19BrO5/c1-28-21-6-4-3-5-19(21)24(27)30-22-14-8-16(15-23(22)29-2)7-13-20(26)17-9-11-18(25)12-10-17/h3-15H,1-2H3. The molecule has 0 fully saturated rings. The lowest BCUT2D eigenvalue weighted by molar-refractivity contribution is 0.0726. The Kier molecular flexibility index (Phi) is 7.03. The summed E-state index contributed by atoms with van der Waals surface area (Å²) in [5.74, 6) is 0.390. The maximum absolute atomic E-state index is 12.5. The molecule has 0 amide bonds. The smallest absolute Gasteiger partial charge is 0.347 e. The van der Waals surface area contributed by atoms with Gasteiger partial charge in [0.25, 0.3) is 0 Å². The minimum atomic E-state index is -0.556. The molecule has 5 nitrogen and oxygen atoms in total. The number of carbonyl (C=O) groups excluding carboxylic acids is 2. The van der Waals surface area contributed by atoms with E-state index >= 15 is 0 Å². The first-order valence-corrected chi connectivity index (χ1v) is 9.82. The topological polar surface area (TPSA) is 61.8 Å². The van der Waals surface area contributed by atoms with Crippen molar-refractivity contribution in [2.24, 2.45) is 0 Å². The van der Waals surface area contributed by atoms with Crippen molar-refractivity contribution in [1.82, 2.24) is 0 Å². The first-order chi connectivity index (χ1) is 14.5. The summed E-state index contributed by atoms with van der Waals surface area (Å²) < 4.78 is 16.9. The van der Waals surface area contributed by atoms with Crippen molar-refractivity contribution in [2.75, 3.05) is 14.2 Å². The molecule has 152 valence electrons. The molecule has 3 aromatic carbocycles. The highest BCUT2D eigenvalue weighted by Gasteiger charge is 2.16. The zero-order valence-corrected chi connectivity index (χ0v) is 18.0. The number of rotatable bonds is 7. The third-order valence-corrected chi connectivity index (χ3v) is 4.80. The average molecular weight is 467 g/mol. The van der Waals surface area contributed by atoms with Gasteiger partial charge >= 0.3 is 5.97 Å². The predicted molar refractivity (Wildman–Crippen MR) is 118 cm³/mol. The second-order valence-corrected chi connectivity index (χ2v) is 7.12. The molecule has 0 unspecified atom stereocenters. The molecular formula is C24H19BrO5. The van der Waals surface area contributed by atoms with Crippen LogP contribution in [-0.2, 0) is 0 Å². The summed E-state index contributed by atoms with van der Waals surface area (Å²) in [7, 11) is 2.97. The van der Waals surface area contributed by atoms with Gasteiger partial charge in [-0.15, -0.1) is 0 Å². The van der Waals surface area contributed by atoms with Gasteiger partial charge in [0, 0.05) is 10.0 Å². The van der Waals surface area contributed by atoms with E-state index in [0.717, 1.165) is 10.0 Å². The molecule has 0 saturated heterocycles. The molecule has 3 rings (SSSR count). The van der Waals surface area contributed by atoms with Crippen LogP contribution >= 0.6 is 15.9 Å². The number of benzene rings is 3. The fourth-order valence-corrected chi connectivity index (χ4v) is 2.99. The van der Waals surface area contributed by atoms with E-state index in [0.29, 0.717) is 22.6 Å². The summed E-state index contributed by atoms with van der Waals surface area (Å²) in [5.41, 5.74) is 1.63. The molecule has 0 aliphatic rings. The largest absolute Gasteiger partial charge is 0.496 e. The second kappa shape index (κ2) is 9.89. The van der Waals surface area contributed by atoms with Crippen LogP contribution in [0.2, 0.25) is 0 Å². The van der Waals surface area contributed by atoms with E-state index in [9.17, 15) is 9.59 Å². The number of halogens is 1. The summed E-state index contributed by atoms with van der Waals surface area (Å²) >= 11 is 3.35. The lowest BCUT2D eigenvalue weighted by Crippen LogP contribution is -2.10. The first-order valence-electron chi connectivity index (χ1n) is 9.03. The van der Waals surface area contributed by atoms with E-state index in [1.807, 2.05) is 12.1 Å². The summed E-state index contributed by atoms with van der Waals surface area (Å²) in [6, 6.07) is 19.0. The third-order valence-electron chi connectivity index (χ3n) is 4.27. The first kappa shape index (κ1) is 21.3. The molecular weight excluding hydrogens is 448 g/mol. The number of ketones is 1. The lowest BCUT2D eigenvalue weighted by Gasteiger charge is -2.11. The van der Waals surface area contributed by atoms with Crippen LogP contribution in [0.4, 0.5) is 0 Å². The number of methoxy groups -OCH3 is 2. The van der Waals surface area contributed by atoms with Crippen molar-refractivity contribution in [3.63, 3.8) is 0 Å². The zero-order valence-electron chi connectivity index (χ0n) is 16.4. The van der Waals surface area contributed by atoms with Crippen LogP contribution in [0.3, 0.4) is 0 Å². The Morgan fingerprint density at radius 2 is 1.53 bits per heavy atom. The molecule has 0 atom stereocenters. The molecule has 6 heteroatoms. The van der Waals surface area contributed by atoms with Gasteiger partial charge in [0.2, 0.25) is 0 Å². The van der Waals surface area contributed by atoms with Crippen molar-refractivity contribution in [1.29, 1.82) is 0 Å². The summed E-state index contributed by atoms with van der Waals surface area (Å²) in [4.78, 5) is 24.8. The molecule has 0 N–H and O–H groups in total. The fraction of sp³-hybridized carbons (Fsp3) is 0.0833. The molecule has 0 bridgehead atoms. The van der Waals surface area contributed by atoms with Crippen molar-refractivity contribution in [3.8, 4) is 17.2 Å². The lowest BCUT2D eigenvalue weighted by atomic mass is 10.1. The molecule has 0 aromatic heterocycles. The van der Waals surface area contributed by atoms with Gasteiger partial charge in [0.1, 0.15) is 11.3 Å². The highest BCUT2D eigenvalue weighted by molar-refractivity contribution is 9.10. The van der Waals surface area contributed by atoms with E-state index < -0.39 is 5.97 Å². The fourth-order valence-electron chi connectivity index (χ4n) is 2.72. The molecule has 30 heavy (non-hydrogen) atoms. The van der Waals surface area contributed by atoms with E-state index in [1.165, 1.54) is 20.3 Å². The van der Waals surface area contributed by atoms with Gasteiger partial charge in [-0.3, -0.25) is 4.79 Å². The zero-order chi connectivity index (χ0) is 21.5. The highest BCUT2D eigenvalue weighted by atomic mass is 79.9. The van der Waals surface area contributed by atoms with Gasteiger partial charge in [0.15, 0.2) is 17.3 Å². The van der Waals surface area contributed by atoms with Crippen LogP contribution in [0, 0.1) is 0 Å². The number of ether oxygens (including phenoxy) is 3. The average Bonchev–Trinajstić information content (AvgIpc) is 2.78. The Balaban J connectivity index is 1.77. The number of esters is 1. The minimum Gasteiger partial charge on any atom is -0.496 e. The van der Waals surface area contributed by atoms with Gasteiger partial charge in [-0.25, -0.2) is 4.79 Å². The SMILES string of the molecule is COc1cc(C=CC(=O)c2ccc(Br)cc2)ccc1OC(=O)c1ccccc1OC. The summed E-state index contributed by atoms with van der Waals surface area (Å²) in [5, 5.41) is 0. The Labute approximate surface area is 183 Å². The number of carbonyl (C=O) groups is 2. The maximum atomic E-state index is 12.5. The quantitative estimate of drug-likeness (QED) is 0.197. The maximum Gasteiger partial charge on any atom is 0.347 e. The highest BCUT2D eigenvalue weighted by Crippen LogP contribution is 2.30. The normalized spacial score (nSPS) is 10.6. The van der Waals surface area contributed by atoms with Crippen LogP contribution in [0.15, 0.2) is 77.3 Å². The minimum absolute atomic E-state index is 0.117. The molecule has 0 aliphatic heterocycles. The molecule has 0 saturated carbocycles. The molecule has 0 radical (unpaired) electrons. The molecule has 0 spiro atoms. The van der Waals surface area contributed by atoms with E-state index in [1.54, 1.807) is 60.7 Å². The van der Waals surface area contributed by atoms with E-state index in [4.69, 9.17) is 14.2 Å². The summed E-state index contributed by atoms with van der Waals surface area (Å²) in [6.45, 7) is 0. The van der Waals surface area contributed by atoms with E-state index in [2.05, 4.69) is 15.9 Å². The van der Waals surface area contributed by atoms with Gasteiger partial charge in [-0.2, -0.15) is 0 Å². The molecule has 3 aromatic rings. The summed E-state index contributed by atoms with van der Waals surface area (Å²) in [6.07, 6.45) is 3.16. The Bertz CT molecular complexity index is 1090. The van der Waals surface area contributed by atoms with Crippen LogP contribution in [0.1, 0.15) is 26.3 Å². The predicted octanol–water partition coefficient (Wildman–Crippen LogP) is 5.58. The van der Waals surface area contributed by atoms with Gasteiger partial charge in [0.05, 0.1) is 14.2 Å². The van der Waals surface area contributed by atoms with Crippen LogP contribution in [-0.4, -0.2) is 26.0 Å². The Morgan fingerprint density at radius 1 is 0.833 bits per heavy atom. The Morgan fingerprint density at radius 3 is 2.23 bits per heavy atom. The van der Waals surface area contributed by atoms with Crippen molar-refractivity contribution in [2.45, 2.75) is 0 Å². The third kappa shape index (κ3) is 5.15. The number of para-hydroxylation sites is 1. The number of allylic oxidation sites excluding steroid dienone is 1. The molecule has 0 aliphatic carbocycles. The second-order valence-electron chi connectivity index (χ2n) is 6.20. The van der Waals surface area contributed by atoms with E-state index in [-0.39, 0.29) is 11.5 Å². The monoisotopic (exact) mass is 466 g/mol.